The van der Waals surface area contributed by atoms with Gasteiger partial charge in [-0.05, 0) is 77.3 Å². The highest BCUT2D eigenvalue weighted by Crippen LogP contribution is 2.34. The van der Waals surface area contributed by atoms with Crippen LogP contribution in [0, 0.1) is 11.7 Å². The fourth-order valence-electron chi connectivity index (χ4n) is 3.55. The van der Waals surface area contributed by atoms with Crippen LogP contribution in [0.5, 0.6) is 0 Å². The highest BCUT2D eigenvalue weighted by atomic mass is 19.1. The van der Waals surface area contributed by atoms with E-state index in [2.05, 4.69) is 15.2 Å². The Labute approximate surface area is 155 Å². The molecular formula is C20H30FN3O2. The summed E-state index contributed by atoms with van der Waals surface area (Å²) in [5, 5.41) is 2.99. The lowest BCUT2D eigenvalue weighted by atomic mass is 9.90. The van der Waals surface area contributed by atoms with E-state index >= 15 is 0 Å². The molecule has 2 saturated carbocycles. The molecule has 2 fully saturated rings. The molecular weight excluding hydrogens is 333 g/mol. The Morgan fingerprint density at radius 2 is 1.92 bits per heavy atom. The predicted molar refractivity (Wildman–Crippen MR) is 99.7 cm³/mol. The summed E-state index contributed by atoms with van der Waals surface area (Å²) in [5.74, 6) is 1.30. The maximum Gasteiger partial charge on any atom is 0.407 e. The Kier molecular flexibility index (Phi) is 5.68. The molecule has 6 heteroatoms. The van der Waals surface area contributed by atoms with Crippen molar-refractivity contribution in [1.82, 2.24) is 10.3 Å². The van der Waals surface area contributed by atoms with Crippen molar-refractivity contribution in [3.63, 3.8) is 0 Å². The van der Waals surface area contributed by atoms with E-state index in [1.807, 2.05) is 20.8 Å². The van der Waals surface area contributed by atoms with Crippen LogP contribution in [0.2, 0.25) is 0 Å². The smallest absolute Gasteiger partial charge is 0.407 e. The Hall–Kier alpha value is -1.85. The van der Waals surface area contributed by atoms with E-state index in [9.17, 15) is 9.18 Å². The summed E-state index contributed by atoms with van der Waals surface area (Å²) in [6.07, 6.45) is 7.33. The summed E-state index contributed by atoms with van der Waals surface area (Å²) < 4.78 is 18.6. The SMILES string of the molecule is CC(C)(C)OC(=O)N[C@H]1CC[C@H](N(CC2CC2)c2ccc(F)cn2)CC1. The summed E-state index contributed by atoms with van der Waals surface area (Å²) in [4.78, 5) is 18.6. The zero-order valence-electron chi connectivity index (χ0n) is 16.0. The zero-order valence-corrected chi connectivity index (χ0v) is 16.0. The van der Waals surface area contributed by atoms with Crippen molar-refractivity contribution in [3.8, 4) is 0 Å². The van der Waals surface area contributed by atoms with E-state index < -0.39 is 5.60 Å². The first-order valence-corrected chi connectivity index (χ1v) is 9.68. The van der Waals surface area contributed by atoms with Gasteiger partial charge in [0.1, 0.15) is 17.2 Å². The molecule has 0 aliphatic heterocycles. The second-order valence-electron chi connectivity index (χ2n) is 8.58. The first kappa shape index (κ1) is 18.9. The number of nitrogens with zero attached hydrogens (tertiary/aromatic N) is 2. The van der Waals surface area contributed by atoms with Crippen LogP contribution in [0.25, 0.3) is 0 Å². The van der Waals surface area contributed by atoms with Gasteiger partial charge in [0.15, 0.2) is 0 Å². The first-order valence-electron chi connectivity index (χ1n) is 9.68. The first-order chi connectivity index (χ1) is 12.3. The van der Waals surface area contributed by atoms with Gasteiger partial charge < -0.3 is 15.0 Å². The van der Waals surface area contributed by atoms with Crippen molar-refractivity contribution in [1.29, 1.82) is 0 Å². The predicted octanol–water partition coefficient (Wildman–Crippen LogP) is 4.27. The lowest BCUT2D eigenvalue weighted by Crippen LogP contribution is -2.46. The molecule has 26 heavy (non-hydrogen) atoms. The minimum Gasteiger partial charge on any atom is -0.444 e. The van der Waals surface area contributed by atoms with Crippen molar-refractivity contribution in [2.24, 2.45) is 5.92 Å². The van der Waals surface area contributed by atoms with Crippen molar-refractivity contribution in [2.45, 2.75) is 77.0 Å². The van der Waals surface area contributed by atoms with E-state index in [1.165, 1.54) is 25.1 Å². The van der Waals surface area contributed by atoms with Gasteiger partial charge in [0, 0.05) is 18.6 Å². The molecule has 0 unspecified atom stereocenters. The van der Waals surface area contributed by atoms with E-state index in [1.54, 1.807) is 6.07 Å². The molecule has 2 aliphatic carbocycles. The van der Waals surface area contributed by atoms with Gasteiger partial charge in [-0.25, -0.2) is 14.2 Å². The Morgan fingerprint density at radius 1 is 1.23 bits per heavy atom. The number of carbonyl (C=O) groups excluding carboxylic acids is 1. The zero-order chi connectivity index (χ0) is 18.7. The molecule has 0 atom stereocenters. The number of ether oxygens (including phenoxy) is 1. The summed E-state index contributed by atoms with van der Waals surface area (Å²) in [5.41, 5.74) is -0.476. The second-order valence-corrected chi connectivity index (χ2v) is 8.58. The lowest BCUT2D eigenvalue weighted by molar-refractivity contribution is 0.0491. The molecule has 0 bridgehead atoms. The normalized spacial score (nSPS) is 23.4. The van der Waals surface area contributed by atoms with E-state index in [-0.39, 0.29) is 18.0 Å². The Bertz CT molecular complexity index is 602. The molecule has 2 aliphatic rings. The van der Waals surface area contributed by atoms with Crippen LogP contribution < -0.4 is 10.2 Å². The number of aromatic nitrogens is 1. The summed E-state index contributed by atoms with van der Waals surface area (Å²) in [6.45, 7) is 6.60. The molecule has 0 aromatic carbocycles. The van der Waals surface area contributed by atoms with Crippen LogP contribution in [-0.2, 0) is 4.74 Å². The Morgan fingerprint density at radius 3 is 2.46 bits per heavy atom. The molecule has 0 spiro atoms. The number of carbonyl (C=O) groups is 1. The number of anilines is 1. The van der Waals surface area contributed by atoms with E-state index in [0.717, 1.165) is 44.0 Å². The minimum absolute atomic E-state index is 0.157. The van der Waals surface area contributed by atoms with Crippen molar-refractivity contribution in [3.05, 3.63) is 24.1 Å². The van der Waals surface area contributed by atoms with Crippen molar-refractivity contribution >= 4 is 11.9 Å². The third-order valence-corrected chi connectivity index (χ3v) is 5.02. The number of alkyl carbamates (subject to hydrolysis) is 1. The highest BCUT2D eigenvalue weighted by molar-refractivity contribution is 5.68. The number of halogens is 1. The second kappa shape index (κ2) is 7.80. The fourth-order valence-corrected chi connectivity index (χ4v) is 3.55. The number of nitrogens with one attached hydrogen (secondary N) is 1. The van der Waals surface area contributed by atoms with Gasteiger partial charge in [-0.15, -0.1) is 0 Å². The third kappa shape index (κ3) is 5.58. The van der Waals surface area contributed by atoms with Crippen LogP contribution in [0.3, 0.4) is 0 Å². The maximum absolute atomic E-state index is 13.2. The van der Waals surface area contributed by atoms with Gasteiger partial charge in [-0.1, -0.05) is 0 Å². The molecule has 1 amide bonds. The minimum atomic E-state index is -0.476. The summed E-state index contributed by atoms with van der Waals surface area (Å²) >= 11 is 0. The van der Waals surface area contributed by atoms with Crippen LogP contribution in [0.15, 0.2) is 18.3 Å². The van der Waals surface area contributed by atoms with Crippen molar-refractivity contribution < 1.29 is 13.9 Å². The monoisotopic (exact) mass is 363 g/mol. The molecule has 0 saturated heterocycles. The van der Waals surface area contributed by atoms with Crippen LogP contribution in [0.1, 0.15) is 59.3 Å². The topological polar surface area (TPSA) is 54.5 Å². The lowest BCUT2D eigenvalue weighted by Gasteiger charge is -2.38. The Balaban J connectivity index is 1.55. The van der Waals surface area contributed by atoms with E-state index in [4.69, 9.17) is 4.74 Å². The van der Waals surface area contributed by atoms with Gasteiger partial charge >= 0.3 is 6.09 Å². The molecule has 5 nitrogen and oxygen atoms in total. The standard InChI is InChI=1S/C20H30FN3O2/c1-20(2,3)26-19(25)23-16-7-9-17(10-8-16)24(13-14-4-5-14)18-11-6-15(21)12-22-18/h6,11-12,14,16-17H,4-5,7-10,13H2,1-3H3,(H,23,25)/t16-,17-. The summed E-state index contributed by atoms with van der Waals surface area (Å²) in [7, 11) is 0. The molecule has 1 N–H and O–H groups in total. The number of rotatable bonds is 5. The van der Waals surface area contributed by atoms with Gasteiger partial charge in [0.05, 0.1) is 6.20 Å². The number of amides is 1. The maximum atomic E-state index is 13.2. The molecule has 144 valence electrons. The molecule has 0 radical (unpaired) electrons. The quantitative estimate of drug-likeness (QED) is 0.849. The average molecular weight is 363 g/mol. The molecule has 1 aromatic rings. The van der Waals surface area contributed by atoms with Crippen molar-refractivity contribution in [2.75, 3.05) is 11.4 Å². The van der Waals surface area contributed by atoms with Gasteiger partial charge in [0.2, 0.25) is 0 Å². The average Bonchev–Trinajstić information content (AvgIpc) is 3.37. The molecule has 1 aromatic heterocycles. The van der Waals surface area contributed by atoms with Crippen LogP contribution in [-0.4, -0.2) is 35.3 Å². The third-order valence-electron chi connectivity index (χ3n) is 5.02. The van der Waals surface area contributed by atoms with Crippen LogP contribution in [0.4, 0.5) is 15.0 Å². The highest BCUT2D eigenvalue weighted by Gasteiger charge is 2.32. The largest absolute Gasteiger partial charge is 0.444 e. The molecule has 3 rings (SSSR count). The number of hydrogen-bond acceptors (Lipinski definition) is 4. The number of hydrogen-bond donors (Lipinski definition) is 1. The van der Waals surface area contributed by atoms with Gasteiger partial charge in [-0.3, -0.25) is 0 Å². The van der Waals surface area contributed by atoms with Gasteiger partial charge in [0.25, 0.3) is 0 Å². The van der Waals surface area contributed by atoms with E-state index in [0.29, 0.717) is 6.04 Å². The summed E-state index contributed by atoms with van der Waals surface area (Å²) in [6, 6.07) is 3.82. The fraction of sp³-hybridized carbons (Fsp3) is 0.700. The molecule has 1 heterocycles. The van der Waals surface area contributed by atoms with Gasteiger partial charge in [-0.2, -0.15) is 0 Å². The number of pyridine rings is 1. The van der Waals surface area contributed by atoms with Crippen LogP contribution >= 0.6 is 0 Å².